The molecule has 0 N–H and O–H groups in total. The summed E-state index contributed by atoms with van der Waals surface area (Å²) in [5.41, 5.74) is 5.16. The summed E-state index contributed by atoms with van der Waals surface area (Å²) in [6.45, 7) is 5.45. The average Bonchev–Trinajstić information content (AvgIpc) is 2.57. The molecule has 86 valence electrons. The Bertz CT molecular complexity index is 533. The quantitative estimate of drug-likeness (QED) is 0.715. The van der Waals surface area contributed by atoms with Gasteiger partial charge in [-0.15, -0.1) is 12.4 Å². The number of nitrogens with zero attached hydrogens (tertiary/aromatic N) is 2. The molecule has 1 aromatic heterocycles. The minimum absolute atomic E-state index is 0. The van der Waals surface area contributed by atoms with Gasteiger partial charge in [-0.3, -0.25) is 0 Å². The Labute approximate surface area is 106 Å². The van der Waals surface area contributed by atoms with E-state index in [1.807, 2.05) is 11.8 Å². The molecule has 2 aromatic rings. The second kappa shape index (κ2) is 4.30. The third-order valence-corrected chi connectivity index (χ3v) is 4.15. The summed E-state index contributed by atoms with van der Waals surface area (Å²) >= 11 is 1.88. The number of aryl methyl sites for hydroxylation is 3. The minimum Gasteiger partial charge on any atom is -0.319 e. The number of thioether (sulfide) groups is 1. The molecule has 0 saturated carbocycles. The molecule has 0 saturated heterocycles. The third-order valence-electron chi connectivity index (χ3n) is 3.09. The van der Waals surface area contributed by atoms with E-state index in [0.29, 0.717) is 0 Å². The number of benzene rings is 1. The lowest BCUT2D eigenvalue weighted by Gasteiger charge is -2.13. The number of rotatable bonds is 0. The fourth-order valence-electron chi connectivity index (χ4n) is 2.07. The fraction of sp³-hybridized carbons (Fsp3) is 0.417. The fourth-order valence-corrected chi connectivity index (χ4v) is 3.03. The highest BCUT2D eigenvalue weighted by atomic mass is 35.5. The summed E-state index contributed by atoms with van der Waals surface area (Å²) in [6.07, 6.45) is 1.26. The highest BCUT2D eigenvalue weighted by molar-refractivity contribution is 7.99. The molecule has 0 unspecified atom stereocenters. The van der Waals surface area contributed by atoms with E-state index in [1.54, 1.807) is 0 Å². The number of fused-ring (bicyclic) bond motifs is 3. The normalized spacial score (nSPS) is 14.6. The van der Waals surface area contributed by atoms with Gasteiger partial charge in [0.1, 0.15) is 0 Å². The molecular weight excluding hydrogens is 240 g/mol. The zero-order valence-electron chi connectivity index (χ0n) is 9.49. The zero-order valence-corrected chi connectivity index (χ0v) is 11.1. The monoisotopic (exact) mass is 254 g/mol. The van der Waals surface area contributed by atoms with E-state index in [9.17, 15) is 0 Å². The van der Waals surface area contributed by atoms with Crippen LogP contribution in [0.15, 0.2) is 17.3 Å². The molecule has 0 aliphatic carbocycles. The summed E-state index contributed by atoms with van der Waals surface area (Å²) in [4.78, 5) is 4.68. The van der Waals surface area contributed by atoms with Gasteiger partial charge in [0.15, 0.2) is 5.16 Å². The molecule has 0 bridgehead atoms. The van der Waals surface area contributed by atoms with Crippen molar-refractivity contribution in [3.8, 4) is 0 Å². The van der Waals surface area contributed by atoms with Crippen LogP contribution in [0, 0.1) is 13.8 Å². The predicted octanol–water partition coefficient (Wildman–Crippen LogP) is 3.57. The van der Waals surface area contributed by atoms with Gasteiger partial charge in [0, 0.05) is 12.3 Å². The molecule has 16 heavy (non-hydrogen) atoms. The smallest absolute Gasteiger partial charge is 0.169 e. The molecule has 3 rings (SSSR count). The van der Waals surface area contributed by atoms with Crippen LogP contribution in [0.2, 0.25) is 0 Å². The van der Waals surface area contributed by atoms with Gasteiger partial charge < -0.3 is 4.57 Å². The molecule has 0 amide bonds. The van der Waals surface area contributed by atoms with Crippen molar-refractivity contribution < 1.29 is 0 Å². The average molecular weight is 255 g/mol. The number of halogens is 1. The molecule has 0 spiro atoms. The van der Waals surface area contributed by atoms with E-state index in [2.05, 4.69) is 35.5 Å². The first kappa shape index (κ1) is 11.8. The lowest BCUT2D eigenvalue weighted by atomic mass is 10.1. The first-order chi connectivity index (χ1) is 7.25. The van der Waals surface area contributed by atoms with Gasteiger partial charge in [-0.2, -0.15) is 0 Å². The van der Waals surface area contributed by atoms with Crippen LogP contribution in [0.5, 0.6) is 0 Å². The van der Waals surface area contributed by atoms with Crippen LogP contribution in [0.1, 0.15) is 17.5 Å². The SMILES string of the molecule is Cc1cc2nc3n(c2cc1C)CCCS3.Cl. The van der Waals surface area contributed by atoms with Crippen molar-refractivity contribution in [1.82, 2.24) is 9.55 Å². The number of aromatic nitrogens is 2. The number of hydrogen-bond donors (Lipinski definition) is 0. The highest BCUT2D eigenvalue weighted by Crippen LogP contribution is 2.30. The van der Waals surface area contributed by atoms with Crippen LogP contribution in [0.3, 0.4) is 0 Å². The van der Waals surface area contributed by atoms with Crippen molar-refractivity contribution in [2.45, 2.75) is 32.0 Å². The van der Waals surface area contributed by atoms with Crippen LogP contribution < -0.4 is 0 Å². The molecule has 4 heteroatoms. The Kier molecular flexibility index (Phi) is 3.17. The first-order valence-corrected chi connectivity index (χ1v) is 6.34. The maximum atomic E-state index is 4.68. The lowest BCUT2D eigenvalue weighted by Crippen LogP contribution is -2.06. The summed E-state index contributed by atoms with van der Waals surface area (Å²) in [5, 5.41) is 1.20. The lowest BCUT2D eigenvalue weighted by molar-refractivity contribution is 0.624. The Morgan fingerprint density at radius 1 is 1.25 bits per heavy atom. The van der Waals surface area contributed by atoms with Crippen LogP contribution >= 0.6 is 24.2 Å². The molecule has 0 atom stereocenters. The van der Waals surface area contributed by atoms with Gasteiger partial charge >= 0.3 is 0 Å². The van der Waals surface area contributed by atoms with Gasteiger partial charge in [0.2, 0.25) is 0 Å². The maximum Gasteiger partial charge on any atom is 0.169 e. The molecule has 0 radical (unpaired) electrons. The van der Waals surface area contributed by atoms with E-state index >= 15 is 0 Å². The minimum atomic E-state index is 0. The van der Waals surface area contributed by atoms with Gasteiger partial charge in [-0.05, 0) is 43.5 Å². The van der Waals surface area contributed by atoms with Crippen molar-refractivity contribution in [3.05, 3.63) is 23.3 Å². The van der Waals surface area contributed by atoms with E-state index < -0.39 is 0 Å². The number of hydrogen-bond acceptors (Lipinski definition) is 2. The van der Waals surface area contributed by atoms with Gasteiger partial charge in [-0.25, -0.2) is 4.98 Å². The Morgan fingerprint density at radius 3 is 2.81 bits per heavy atom. The third kappa shape index (κ3) is 1.72. The van der Waals surface area contributed by atoms with Crippen molar-refractivity contribution in [3.63, 3.8) is 0 Å². The molecule has 1 aromatic carbocycles. The van der Waals surface area contributed by atoms with Crippen LogP contribution in [0.25, 0.3) is 11.0 Å². The van der Waals surface area contributed by atoms with Crippen molar-refractivity contribution in [2.75, 3.05) is 5.75 Å². The molecule has 1 aliphatic rings. The van der Waals surface area contributed by atoms with Gasteiger partial charge in [0.05, 0.1) is 11.0 Å². The largest absolute Gasteiger partial charge is 0.319 e. The molecule has 1 aliphatic heterocycles. The maximum absolute atomic E-state index is 4.68. The van der Waals surface area contributed by atoms with Crippen LogP contribution in [0.4, 0.5) is 0 Å². The van der Waals surface area contributed by atoms with E-state index in [-0.39, 0.29) is 12.4 Å². The summed E-state index contributed by atoms with van der Waals surface area (Å²) in [5.74, 6) is 1.21. The second-order valence-corrected chi connectivity index (χ2v) is 5.24. The van der Waals surface area contributed by atoms with Crippen molar-refractivity contribution in [1.29, 1.82) is 0 Å². The number of imidazole rings is 1. The van der Waals surface area contributed by atoms with Crippen molar-refractivity contribution in [2.24, 2.45) is 0 Å². The molecule has 0 fully saturated rings. The predicted molar refractivity (Wildman–Crippen MR) is 71.8 cm³/mol. The Hall–Kier alpha value is -0.670. The Morgan fingerprint density at radius 2 is 2.00 bits per heavy atom. The molecule has 2 nitrogen and oxygen atoms in total. The van der Waals surface area contributed by atoms with E-state index in [1.165, 1.54) is 34.0 Å². The topological polar surface area (TPSA) is 17.8 Å². The van der Waals surface area contributed by atoms with E-state index in [4.69, 9.17) is 0 Å². The molecule has 2 heterocycles. The summed E-state index contributed by atoms with van der Waals surface area (Å²) in [6, 6.07) is 4.48. The van der Waals surface area contributed by atoms with E-state index in [0.717, 1.165) is 12.1 Å². The Balaban J connectivity index is 0.000000963. The first-order valence-electron chi connectivity index (χ1n) is 5.36. The van der Waals surface area contributed by atoms with Crippen molar-refractivity contribution >= 4 is 35.2 Å². The summed E-state index contributed by atoms with van der Waals surface area (Å²) in [7, 11) is 0. The standard InChI is InChI=1S/C12H14N2S.ClH/c1-8-6-10-11(7-9(8)2)14-4-3-5-15-12(14)13-10;/h6-7H,3-5H2,1-2H3;1H. The molecular formula is C12H15ClN2S. The van der Waals surface area contributed by atoms with Gasteiger partial charge in [-0.1, -0.05) is 11.8 Å². The highest BCUT2D eigenvalue weighted by Gasteiger charge is 2.15. The zero-order chi connectivity index (χ0) is 10.4. The van der Waals surface area contributed by atoms with Crippen LogP contribution in [-0.4, -0.2) is 15.3 Å². The van der Waals surface area contributed by atoms with Gasteiger partial charge in [0.25, 0.3) is 0 Å². The van der Waals surface area contributed by atoms with Crippen LogP contribution in [-0.2, 0) is 6.54 Å². The second-order valence-electron chi connectivity index (χ2n) is 4.17. The summed E-state index contributed by atoms with van der Waals surface area (Å²) < 4.78 is 2.36.